The standard InChI is InChI=1S/C8H12N2/c1-7(2)5-10-6-8(3)4-9-10/h4-6H,1-3H3. The SMILES string of the molecule is CC(C)=Cn1cc(C)cn1. The van der Waals surface area contributed by atoms with Gasteiger partial charge in [0.2, 0.25) is 0 Å². The van der Waals surface area contributed by atoms with Crippen molar-refractivity contribution in [3.63, 3.8) is 0 Å². The molecule has 0 saturated heterocycles. The zero-order valence-electron chi connectivity index (χ0n) is 6.63. The number of aromatic nitrogens is 2. The van der Waals surface area contributed by atoms with Crippen LogP contribution in [-0.2, 0) is 0 Å². The van der Waals surface area contributed by atoms with Gasteiger partial charge in [-0.25, -0.2) is 4.68 Å². The number of rotatable bonds is 1. The predicted octanol–water partition coefficient (Wildman–Crippen LogP) is 2.07. The van der Waals surface area contributed by atoms with E-state index in [0.717, 1.165) is 0 Å². The summed E-state index contributed by atoms with van der Waals surface area (Å²) in [6.07, 6.45) is 5.83. The molecule has 1 aromatic heterocycles. The van der Waals surface area contributed by atoms with Crippen molar-refractivity contribution in [3.8, 4) is 0 Å². The van der Waals surface area contributed by atoms with Crippen LogP contribution in [0.3, 0.4) is 0 Å². The van der Waals surface area contributed by atoms with Crippen LogP contribution < -0.4 is 0 Å². The molecule has 0 radical (unpaired) electrons. The van der Waals surface area contributed by atoms with Crippen molar-refractivity contribution >= 4 is 6.20 Å². The van der Waals surface area contributed by atoms with Gasteiger partial charge in [0.25, 0.3) is 0 Å². The molecule has 0 fully saturated rings. The first-order chi connectivity index (χ1) is 4.68. The maximum Gasteiger partial charge on any atom is 0.0523 e. The Morgan fingerprint density at radius 2 is 2.30 bits per heavy atom. The van der Waals surface area contributed by atoms with Crippen LogP contribution in [0.15, 0.2) is 18.0 Å². The lowest BCUT2D eigenvalue weighted by Crippen LogP contribution is -1.85. The summed E-state index contributed by atoms with van der Waals surface area (Å²) < 4.78 is 1.82. The minimum atomic E-state index is 1.19. The summed E-state index contributed by atoms with van der Waals surface area (Å²) >= 11 is 0. The largest absolute Gasteiger partial charge is 0.248 e. The van der Waals surface area contributed by atoms with E-state index >= 15 is 0 Å². The van der Waals surface area contributed by atoms with Crippen LogP contribution in [0, 0.1) is 6.92 Å². The highest BCUT2D eigenvalue weighted by molar-refractivity contribution is 5.26. The first-order valence-electron chi connectivity index (χ1n) is 3.34. The van der Waals surface area contributed by atoms with Gasteiger partial charge < -0.3 is 0 Å². The minimum Gasteiger partial charge on any atom is -0.248 e. The molecule has 0 amide bonds. The lowest BCUT2D eigenvalue weighted by Gasteiger charge is -1.90. The summed E-state index contributed by atoms with van der Waals surface area (Å²) in [7, 11) is 0. The van der Waals surface area contributed by atoms with Crippen LogP contribution in [0.25, 0.3) is 6.20 Å². The Morgan fingerprint density at radius 1 is 1.60 bits per heavy atom. The molecule has 1 aromatic rings. The third-order valence-electron chi connectivity index (χ3n) is 1.12. The summed E-state index contributed by atoms with van der Waals surface area (Å²) in [4.78, 5) is 0. The zero-order valence-corrected chi connectivity index (χ0v) is 6.63. The Labute approximate surface area is 61.2 Å². The normalized spacial score (nSPS) is 9.50. The monoisotopic (exact) mass is 136 g/mol. The Bertz CT molecular complexity index is 242. The van der Waals surface area contributed by atoms with E-state index in [9.17, 15) is 0 Å². The molecule has 0 saturated carbocycles. The van der Waals surface area contributed by atoms with Crippen molar-refractivity contribution in [1.29, 1.82) is 0 Å². The lowest BCUT2D eigenvalue weighted by atomic mass is 10.4. The molecule has 54 valence electrons. The molecule has 1 rings (SSSR count). The van der Waals surface area contributed by atoms with E-state index < -0.39 is 0 Å². The number of hydrogen-bond acceptors (Lipinski definition) is 1. The molecular formula is C8H12N2. The van der Waals surface area contributed by atoms with E-state index in [-0.39, 0.29) is 0 Å². The number of nitrogens with zero attached hydrogens (tertiary/aromatic N) is 2. The first kappa shape index (κ1) is 7.06. The highest BCUT2D eigenvalue weighted by Crippen LogP contribution is 1.97. The second-order valence-electron chi connectivity index (χ2n) is 2.70. The molecule has 0 N–H and O–H groups in total. The summed E-state index contributed by atoms with van der Waals surface area (Å²) in [5, 5.41) is 4.10. The average Bonchev–Trinajstić information content (AvgIpc) is 2.13. The molecule has 0 aliphatic carbocycles. The predicted molar refractivity (Wildman–Crippen MR) is 42.6 cm³/mol. The molecule has 1 heterocycles. The Kier molecular flexibility index (Phi) is 1.90. The fraction of sp³-hybridized carbons (Fsp3) is 0.375. The van der Waals surface area contributed by atoms with E-state index in [1.807, 2.05) is 30.2 Å². The van der Waals surface area contributed by atoms with Crippen LogP contribution in [0.2, 0.25) is 0 Å². The van der Waals surface area contributed by atoms with Crippen molar-refractivity contribution in [2.24, 2.45) is 0 Å². The molecule has 0 aliphatic rings. The van der Waals surface area contributed by atoms with Gasteiger partial charge in [0, 0.05) is 12.4 Å². The molecule has 0 spiro atoms. The quantitative estimate of drug-likeness (QED) is 0.578. The fourth-order valence-electron chi connectivity index (χ4n) is 0.768. The van der Waals surface area contributed by atoms with Crippen LogP contribution in [0.4, 0.5) is 0 Å². The van der Waals surface area contributed by atoms with Crippen LogP contribution in [0.5, 0.6) is 0 Å². The van der Waals surface area contributed by atoms with E-state index in [1.165, 1.54) is 11.1 Å². The maximum absolute atomic E-state index is 4.10. The van der Waals surface area contributed by atoms with E-state index in [2.05, 4.69) is 18.9 Å². The zero-order chi connectivity index (χ0) is 7.56. The smallest absolute Gasteiger partial charge is 0.0523 e. The minimum absolute atomic E-state index is 1.19. The van der Waals surface area contributed by atoms with Crippen LogP contribution in [-0.4, -0.2) is 9.78 Å². The van der Waals surface area contributed by atoms with Gasteiger partial charge in [-0.2, -0.15) is 5.10 Å². The van der Waals surface area contributed by atoms with Gasteiger partial charge in [-0.15, -0.1) is 0 Å². The van der Waals surface area contributed by atoms with Gasteiger partial charge in [0.1, 0.15) is 0 Å². The Hall–Kier alpha value is -1.05. The van der Waals surface area contributed by atoms with Crippen molar-refractivity contribution in [1.82, 2.24) is 9.78 Å². The van der Waals surface area contributed by atoms with Crippen molar-refractivity contribution in [2.45, 2.75) is 20.8 Å². The maximum atomic E-state index is 4.10. The van der Waals surface area contributed by atoms with Gasteiger partial charge in [-0.3, -0.25) is 0 Å². The Morgan fingerprint density at radius 3 is 2.70 bits per heavy atom. The van der Waals surface area contributed by atoms with E-state index in [4.69, 9.17) is 0 Å². The van der Waals surface area contributed by atoms with Crippen molar-refractivity contribution in [3.05, 3.63) is 23.5 Å². The van der Waals surface area contributed by atoms with Gasteiger partial charge in [0.05, 0.1) is 6.20 Å². The average molecular weight is 136 g/mol. The molecule has 0 aromatic carbocycles. The Balaban J connectivity index is 2.86. The highest BCUT2D eigenvalue weighted by atomic mass is 15.2. The number of hydrogen-bond donors (Lipinski definition) is 0. The second kappa shape index (κ2) is 2.69. The molecule has 0 bridgehead atoms. The molecular weight excluding hydrogens is 124 g/mol. The number of aryl methyl sites for hydroxylation is 1. The van der Waals surface area contributed by atoms with Gasteiger partial charge >= 0.3 is 0 Å². The molecule has 2 heteroatoms. The topological polar surface area (TPSA) is 17.8 Å². The number of allylic oxidation sites excluding steroid dienone is 1. The molecule has 0 unspecified atom stereocenters. The second-order valence-corrected chi connectivity index (χ2v) is 2.70. The fourth-order valence-corrected chi connectivity index (χ4v) is 0.768. The third-order valence-corrected chi connectivity index (χ3v) is 1.12. The van der Waals surface area contributed by atoms with Gasteiger partial charge in [0.15, 0.2) is 0 Å². The summed E-state index contributed by atoms with van der Waals surface area (Å²) in [5.41, 5.74) is 2.45. The summed E-state index contributed by atoms with van der Waals surface area (Å²) in [6, 6.07) is 0. The van der Waals surface area contributed by atoms with Crippen LogP contribution in [0.1, 0.15) is 19.4 Å². The molecule has 0 atom stereocenters. The molecule has 0 aliphatic heterocycles. The third kappa shape index (κ3) is 1.72. The van der Waals surface area contributed by atoms with Crippen LogP contribution >= 0.6 is 0 Å². The van der Waals surface area contributed by atoms with Crippen molar-refractivity contribution in [2.75, 3.05) is 0 Å². The van der Waals surface area contributed by atoms with Crippen molar-refractivity contribution < 1.29 is 0 Å². The molecule has 2 nitrogen and oxygen atoms in total. The van der Waals surface area contributed by atoms with Gasteiger partial charge in [-0.05, 0) is 26.3 Å². The molecule has 10 heavy (non-hydrogen) atoms. The first-order valence-corrected chi connectivity index (χ1v) is 3.34. The van der Waals surface area contributed by atoms with E-state index in [1.54, 1.807) is 0 Å². The van der Waals surface area contributed by atoms with Gasteiger partial charge in [-0.1, -0.05) is 5.57 Å². The highest BCUT2D eigenvalue weighted by Gasteiger charge is 1.87. The lowest BCUT2D eigenvalue weighted by molar-refractivity contribution is 0.927. The van der Waals surface area contributed by atoms with E-state index in [0.29, 0.717) is 0 Å². The summed E-state index contributed by atoms with van der Waals surface area (Å²) in [6.45, 7) is 6.14. The summed E-state index contributed by atoms with van der Waals surface area (Å²) in [5.74, 6) is 0.